The second kappa shape index (κ2) is 15.0. The highest BCUT2D eigenvalue weighted by molar-refractivity contribution is 9.10. The van der Waals surface area contributed by atoms with Gasteiger partial charge >= 0.3 is 0 Å². The third-order valence-corrected chi connectivity index (χ3v) is 9.32. The van der Waals surface area contributed by atoms with Crippen LogP contribution in [0.3, 0.4) is 0 Å². The van der Waals surface area contributed by atoms with Gasteiger partial charge in [-0.2, -0.15) is 8.42 Å². The van der Waals surface area contributed by atoms with Crippen LogP contribution in [-0.4, -0.2) is 42.0 Å². The molecule has 0 aromatic heterocycles. The van der Waals surface area contributed by atoms with E-state index in [1.165, 1.54) is 12.1 Å². The highest BCUT2D eigenvalue weighted by Crippen LogP contribution is 2.42. The molecule has 0 aliphatic rings. The van der Waals surface area contributed by atoms with Gasteiger partial charge in [-0.25, -0.2) is 0 Å². The predicted molar refractivity (Wildman–Crippen MR) is 181 cm³/mol. The normalized spacial score (nSPS) is 12.3. The summed E-state index contributed by atoms with van der Waals surface area (Å²) < 4.78 is 57.0. The average molecular weight is 704 g/mol. The molecule has 0 heterocycles. The standard InChI is InChI=1S/C37H35BrO7S/c1-27-9-23-36(24-10-27)46(39,40)44-26-35(45-34-21-15-31(38)16-22-34)25-43-37(28-7-5-4-6-8-28,29-11-17-32(41-2)18-12-29)30-13-19-33(42-3)20-14-30/h4-24,35H,25-26H2,1-3H3/t35-/m0/s1. The number of halogens is 1. The summed E-state index contributed by atoms with van der Waals surface area (Å²) in [7, 11) is -0.829. The van der Waals surface area contributed by atoms with Gasteiger partial charge in [0, 0.05) is 4.47 Å². The second-order valence-corrected chi connectivity index (χ2v) is 13.1. The first-order valence-electron chi connectivity index (χ1n) is 14.6. The summed E-state index contributed by atoms with van der Waals surface area (Å²) in [6.07, 6.45) is -0.819. The monoisotopic (exact) mass is 702 g/mol. The van der Waals surface area contributed by atoms with Gasteiger partial charge in [-0.1, -0.05) is 88.2 Å². The Labute approximate surface area is 278 Å². The van der Waals surface area contributed by atoms with Crippen molar-refractivity contribution in [2.75, 3.05) is 27.4 Å². The lowest BCUT2D eigenvalue weighted by atomic mass is 9.80. The maximum atomic E-state index is 13.2. The summed E-state index contributed by atoms with van der Waals surface area (Å²) in [6.45, 7) is 1.57. The Morgan fingerprint density at radius 1 is 0.630 bits per heavy atom. The second-order valence-electron chi connectivity index (χ2n) is 10.6. The molecule has 7 nitrogen and oxygen atoms in total. The van der Waals surface area contributed by atoms with Crippen molar-refractivity contribution in [2.24, 2.45) is 0 Å². The number of hydrogen-bond donors (Lipinski definition) is 0. The van der Waals surface area contributed by atoms with Gasteiger partial charge in [0.25, 0.3) is 10.1 Å². The molecule has 5 aromatic rings. The molecule has 0 saturated carbocycles. The number of benzene rings is 5. The third kappa shape index (κ3) is 7.79. The zero-order valence-corrected chi connectivity index (χ0v) is 28.2. The molecule has 0 radical (unpaired) electrons. The average Bonchev–Trinajstić information content (AvgIpc) is 3.09. The Morgan fingerprint density at radius 2 is 1.13 bits per heavy atom. The van der Waals surface area contributed by atoms with Gasteiger partial charge in [-0.3, -0.25) is 4.18 Å². The molecule has 0 fully saturated rings. The first-order valence-corrected chi connectivity index (χ1v) is 16.8. The zero-order chi connectivity index (χ0) is 32.6. The van der Waals surface area contributed by atoms with Crippen molar-refractivity contribution in [2.45, 2.75) is 23.5 Å². The number of ether oxygens (including phenoxy) is 4. The van der Waals surface area contributed by atoms with Crippen LogP contribution < -0.4 is 14.2 Å². The van der Waals surface area contributed by atoms with Gasteiger partial charge in [0.1, 0.15) is 35.6 Å². The molecule has 238 valence electrons. The molecule has 0 amide bonds. The van der Waals surface area contributed by atoms with E-state index >= 15 is 0 Å². The lowest BCUT2D eigenvalue weighted by Gasteiger charge is -2.37. The lowest BCUT2D eigenvalue weighted by molar-refractivity contribution is -0.0405. The summed E-state index contributed by atoms with van der Waals surface area (Å²) in [4.78, 5) is 0.0662. The number of methoxy groups -OCH3 is 2. The molecule has 0 bridgehead atoms. The molecular formula is C37H35BrO7S. The molecule has 0 N–H and O–H groups in total. The van der Waals surface area contributed by atoms with Crippen LogP contribution in [0.15, 0.2) is 137 Å². The maximum absolute atomic E-state index is 13.2. The lowest BCUT2D eigenvalue weighted by Crippen LogP contribution is -2.39. The highest BCUT2D eigenvalue weighted by Gasteiger charge is 2.39. The van der Waals surface area contributed by atoms with E-state index in [9.17, 15) is 8.42 Å². The topological polar surface area (TPSA) is 80.3 Å². The van der Waals surface area contributed by atoms with Gasteiger partial charge in [0.15, 0.2) is 0 Å². The van der Waals surface area contributed by atoms with Crippen LogP contribution in [0.25, 0.3) is 0 Å². The Bertz CT molecular complexity index is 1740. The summed E-state index contributed by atoms with van der Waals surface area (Å²) in [6, 6.07) is 39.0. The van der Waals surface area contributed by atoms with Crippen LogP contribution in [0.2, 0.25) is 0 Å². The summed E-state index contributed by atoms with van der Waals surface area (Å²) >= 11 is 3.45. The molecule has 46 heavy (non-hydrogen) atoms. The van der Waals surface area contributed by atoms with E-state index in [1.807, 2.05) is 97.9 Å². The van der Waals surface area contributed by atoms with Gasteiger partial charge in [0.2, 0.25) is 0 Å². The van der Waals surface area contributed by atoms with Crippen LogP contribution in [0.1, 0.15) is 22.3 Å². The van der Waals surface area contributed by atoms with Crippen LogP contribution in [0.4, 0.5) is 0 Å². The smallest absolute Gasteiger partial charge is 0.297 e. The number of hydrogen-bond acceptors (Lipinski definition) is 7. The van der Waals surface area contributed by atoms with E-state index in [-0.39, 0.29) is 18.1 Å². The summed E-state index contributed by atoms with van der Waals surface area (Å²) in [5, 5.41) is 0. The summed E-state index contributed by atoms with van der Waals surface area (Å²) in [5.74, 6) is 1.94. The Balaban J connectivity index is 1.55. The van der Waals surface area contributed by atoms with E-state index in [4.69, 9.17) is 23.1 Å². The first kappa shape index (κ1) is 33.2. The molecule has 0 unspecified atom stereocenters. The van der Waals surface area contributed by atoms with Crippen molar-refractivity contribution in [1.29, 1.82) is 0 Å². The van der Waals surface area contributed by atoms with Crippen LogP contribution in [-0.2, 0) is 24.6 Å². The fourth-order valence-electron chi connectivity index (χ4n) is 5.05. The van der Waals surface area contributed by atoms with Crippen molar-refractivity contribution in [3.05, 3.63) is 154 Å². The molecule has 0 aliphatic carbocycles. The minimum absolute atomic E-state index is 0.0353. The SMILES string of the molecule is COc1ccc(C(OC[C@@H](COS(=O)(=O)c2ccc(C)cc2)Oc2ccc(Br)cc2)(c2ccccc2)c2ccc(OC)cc2)cc1. The third-order valence-electron chi connectivity index (χ3n) is 7.49. The fourth-order valence-corrected chi connectivity index (χ4v) is 6.25. The van der Waals surface area contributed by atoms with Crippen LogP contribution in [0, 0.1) is 6.92 Å². The molecule has 0 saturated heterocycles. The molecule has 5 rings (SSSR count). The molecule has 5 aromatic carbocycles. The van der Waals surface area contributed by atoms with Crippen molar-refractivity contribution < 1.29 is 31.5 Å². The molecule has 0 aliphatic heterocycles. The Morgan fingerprint density at radius 3 is 1.65 bits per heavy atom. The fraction of sp³-hybridized carbons (Fsp3) is 0.189. The van der Waals surface area contributed by atoms with Gasteiger partial charge in [-0.05, 0) is 84.3 Å². The van der Waals surface area contributed by atoms with E-state index in [2.05, 4.69) is 15.9 Å². The summed E-state index contributed by atoms with van der Waals surface area (Å²) in [5.41, 5.74) is 2.34. The van der Waals surface area contributed by atoms with Gasteiger partial charge < -0.3 is 18.9 Å². The zero-order valence-electron chi connectivity index (χ0n) is 25.8. The first-order chi connectivity index (χ1) is 22.2. The highest BCUT2D eigenvalue weighted by atomic mass is 79.9. The number of rotatable bonds is 14. The van der Waals surface area contributed by atoms with E-state index in [0.29, 0.717) is 17.2 Å². The van der Waals surface area contributed by atoms with Crippen molar-refractivity contribution >= 4 is 26.0 Å². The largest absolute Gasteiger partial charge is 0.497 e. The molecule has 0 spiro atoms. The maximum Gasteiger partial charge on any atom is 0.297 e. The van der Waals surface area contributed by atoms with Gasteiger partial charge in [-0.15, -0.1) is 0 Å². The van der Waals surface area contributed by atoms with E-state index in [0.717, 1.165) is 26.7 Å². The quantitative estimate of drug-likeness (QED) is 0.0859. The van der Waals surface area contributed by atoms with E-state index in [1.54, 1.807) is 38.5 Å². The van der Waals surface area contributed by atoms with Crippen molar-refractivity contribution in [3.8, 4) is 17.2 Å². The van der Waals surface area contributed by atoms with Crippen LogP contribution in [0.5, 0.6) is 17.2 Å². The Hall–Kier alpha value is -4.15. The van der Waals surface area contributed by atoms with E-state index < -0.39 is 21.8 Å². The van der Waals surface area contributed by atoms with Crippen molar-refractivity contribution in [3.63, 3.8) is 0 Å². The van der Waals surface area contributed by atoms with Crippen molar-refractivity contribution in [1.82, 2.24) is 0 Å². The molecule has 9 heteroatoms. The van der Waals surface area contributed by atoms with Gasteiger partial charge in [0.05, 0.1) is 25.7 Å². The predicted octanol–water partition coefficient (Wildman–Crippen LogP) is 7.94. The Kier molecular flexibility index (Phi) is 10.8. The number of aryl methyl sites for hydroxylation is 1. The minimum Gasteiger partial charge on any atom is -0.497 e. The molecule has 1 atom stereocenters. The minimum atomic E-state index is -4.07. The van der Waals surface area contributed by atoms with Crippen LogP contribution >= 0.6 is 15.9 Å². The molecular weight excluding hydrogens is 668 g/mol.